The minimum Gasteiger partial charge on any atom is -0.415 e. The van der Waals surface area contributed by atoms with Gasteiger partial charge < -0.3 is 4.43 Å². The summed E-state index contributed by atoms with van der Waals surface area (Å²) in [5.41, 5.74) is 0. The van der Waals surface area contributed by atoms with E-state index in [1.165, 1.54) is 17.7 Å². The fourth-order valence-corrected chi connectivity index (χ4v) is 4.72. The standard InChI is InChI=1S/C11H15ClOSi/c12-8-10-6-7-14(13-9-10)11-4-2-1-3-5-11/h1-5,10,14H,6-9H2. The molecule has 0 N–H and O–H groups in total. The molecule has 1 heterocycles. The first-order chi connectivity index (χ1) is 6.90. The molecule has 1 nitrogen and oxygen atoms in total. The van der Waals surface area contributed by atoms with Crippen LogP contribution in [-0.2, 0) is 4.43 Å². The number of rotatable bonds is 2. The van der Waals surface area contributed by atoms with Crippen molar-refractivity contribution in [3.05, 3.63) is 30.3 Å². The third-order valence-corrected chi connectivity index (χ3v) is 5.78. The molecule has 1 fully saturated rings. The Bertz CT molecular complexity index is 270. The lowest BCUT2D eigenvalue weighted by atomic mass is 10.1. The Morgan fingerprint density at radius 2 is 2.14 bits per heavy atom. The second-order valence-corrected chi connectivity index (χ2v) is 6.69. The minimum absolute atomic E-state index is 0.587. The zero-order chi connectivity index (χ0) is 9.80. The highest BCUT2D eigenvalue weighted by atomic mass is 35.5. The van der Waals surface area contributed by atoms with Gasteiger partial charge in [-0.1, -0.05) is 30.3 Å². The smallest absolute Gasteiger partial charge is 0.208 e. The summed E-state index contributed by atoms with van der Waals surface area (Å²) in [6, 6.07) is 11.9. The lowest BCUT2D eigenvalue weighted by molar-refractivity contribution is 0.237. The third kappa shape index (κ3) is 2.38. The summed E-state index contributed by atoms with van der Waals surface area (Å²) in [5.74, 6) is 1.33. The molecule has 2 atom stereocenters. The molecular formula is C11H15ClOSi. The molecule has 0 saturated carbocycles. The molecule has 1 aliphatic heterocycles. The Hall–Kier alpha value is -0.313. The van der Waals surface area contributed by atoms with E-state index in [2.05, 4.69) is 30.3 Å². The van der Waals surface area contributed by atoms with Crippen molar-refractivity contribution in [2.75, 3.05) is 12.5 Å². The van der Waals surface area contributed by atoms with Gasteiger partial charge in [-0.05, 0) is 23.6 Å². The average Bonchev–Trinajstić information content (AvgIpc) is 2.30. The van der Waals surface area contributed by atoms with Crippen LogP contribution < -0.4 is 5.19 Å². The summed E-state index contributed by atoms with van der Waals surface area (Å²) in [7, 11) is -1.10. The van der Waals surface area contributed by atoms with E-state index in [0.717, 1.165) is 12.5 Å². The zero-order valence-corrected chi connectivity index (χ0v) is 10.1. The number of hydrogen-bond donors (Lipinski definition) is 0. The first-order valence-corrected chi connectivity index (χ1v) is 7.52. The van der Waals surface area contributed by atoms with Crippen LogP contribution in [0.2, 0.25) is 6.04 Å². The van der Waals surface area contributed by atoms with E-state index in [1.54, 1.807) is 0 Å². The van der Waals surface area contributed by atoms with Crippen LogP contribution in [0.15, 0.2) is 30.3 Å². The van der Waals surface area contributed by atoms with Crippen molar-refractivity contribution in [3.63, 3.8) is 0 Å². The topological polar surface area (TPSA) is 9.23 Å². The Morgan fingerprint density at radius 3 is 2.71 bits per heavy atom. The third-order valence-electron chi connectivity index (χ3n) is 2.76. The fraction of sp³-hybridized carbons (Fsp3) is 0.455. The van der Waals surface area contributed by atoms with Gasteiger partial charge >= 0.3 is 0 Å². The molecule has 0 amide bonds. The van der Waals surface area contributed by atoms with E-state index in [0.29, 0.717) is 5.92 Å². The van der Waals surface area contributed by atoms with Crippen LogP contribution in [0.25, 0.3) is 0 Å². The van der Waals surface area contributed by atoms with E-state index in [9.17, 15) is 0 Å². The molecule has 3 heteroatoms. The summed E-state index contributed by atoms with van der Waals surface area (Å²) in [4.78, 5) is 0. The maximum atomic E-state index is 5.92. The van der Waals surface area contributed by atoms with E-state index < -0.39 is 9.04 Å². The number of benzene rings is 1. The molecule has 2 unspecified atom stereocenters. The first-order valence-electron chi connectivity index (χ1n) is 5.12. The Balaban J connectivity index is 1.96. The van der Waals surface area contributed by atoms with Crippen LogP contribution in [0.1, 0.15) is 6.42 Å². The molecule has 14 heavy (non-hydrogen) atoms. The Kier molecular flexibility index (Phi) is 3.62. The largest absolute Gasteiger partial charge is 0.415 e. The van der Waals surface area contributed by atoms with Crippen LogP contribution in [0.3, 0.4) is 0 Å². The predicted molar refractivity (Wildman–Crippen MR) is 62.8 cm³/mol. The van der Waals surface area contributed by atoms with Gasteiger partial charge in [0, 0.05) is 12.5 Å². The van der Waals surface area contributed by atoms with Gasteiger partial charge in [0.1, 0.15) is 0 Å². The van der Waals surface area contributed by atoms with Crippen molar-refractivity contribution in [3.8, 4) is 0 Å². The number of alkyl halides is 1. The molecule has 1 aromatic rings. The molecule has 1 saturated heterocycles. The van der Waals surface area contributed by atoms with Crippen molar-refractivity contribution in [2.45, 2.75) is 12.5 Å². The second kappa shape index (κ2) is 4.96. The van der Waals surface area contributed by atoms with Crippen molar-refractivity contribution >= 4 is 25.8 Å². The zero-order valence-electron chi connectivity index (χ0n) is 8.16. The highest BCUT2D eigenvalue weighted by Gasteiger charge is 2.23. The molecule has 2 rings (SSSR count). The molecule has 1 aliphatic rings. The van der Waals surface area contributed by atoms with Crippen LogP contribution in [0, 0.1) is 5.92 Å². The molecule has 0 bridgehead atoms. The van der Waals surface area contributed by atoms with Crippen molar-refractivity contribution in [1.29, 1.82) is 0 Å². The Morgan fingerprint density at radius 1 is 1.36 bits per heavy atom. The van der Waals surface area contributed by atoms with Crippen molar-refractivity contribution in [2.24, 2.45) is 5.92 Å². The van der Waals surface area contributed by atoms with E-state index in [4.69, 9.17) is 16.0 Å². The quantitative estimate of drug-likeness (QED) is 0.553. The summed E-state index contributed by atoms with van der Waals surface area (Å²) in [5, 5.41) is 1.43. The van der Waals surface area contributed by atoms with E-state index >= 15 is 0 Å². The normalized spacial score (nSPS) is 27.5. The van der Waals surface area contributed by atoms with Gasteiger partial charge in [-0.25, -0.2) is 0 Å². The van der Waals surface area contributed by atoms with Crippen LogP contribution >= 0.6 is 11.6 Å². The Labute approximate surface area is 91.8 Å². The monoisotopic (exact) mass is 226 g/mol. The van der Waals surface area contributed by atoms with Crippen molar-refractivity contribution < 1.29 is 4.43 Å². The SMILES string of the molecule is ClCC1CC[SiH](c2ccccc2)OC1. The van der Waals surface area contributed by atoms with Gasteiger partial charge in [-0.15, -0.1) is 11.6 Å². The van der Waals surface area contributed by atoms with Crippen molar-refractivity contribution in [1.82, 2.24) is 0 Å². The predicted octanol–water partition coefficient (Wildman–Crippen LogP) is 1.89. The molecule has 0 radical (unpaired) electrons. The summed E-state index contributed by atoms with van der Waals surface area (Å²) in [6.07, 6.45) is 1.25. The van der Waals surface area contributed by atoms with Gasteiger partial charge in [0.05, 0.1) is 0 Å². The number of hydrogen-bond acceptors (Lipinski definition) is 1. The highest BCUT2D eigenvalue weighted by Crippen LogP contribution is 2.18. The molecular weight excluding hydrogens is 212 g/mol. The van der Waals surface area contributed by atoms with Gasteiger partial charge in [0.2, 0.25) is 9.04 Å². The lowest BCUT2D eigenvalue weighted by Gasteiger charge is -2.27. The summed E-state index contributed by atoms with van der Waals surface area (Å²) >= 11 is 5.81. The van der Waals surface area contributed by atoms with Crippen LogP contribution in [-0.4, -0.2) is 21.5 Å². The lowest BCUT2D eigenvalue weighted by Crippen LogP contribution is -2.39. The fourth-order valence-electron chi connectivity index (χ4n) is 1.86. The van der Waals surface area contributed by atoms with Gasteiger partial charge in [0.25, 0.3) is 0 Å². The van der Waals surface area contributed by atoms with Gasteiger partial charge in [-0.2, -0.15) is 0 Å². The van der Waals surface area contributed by atoms with E-state index in [1.807, 2.05) is 0 Å². The first kappa shape index (κ1) is 10.2. The van der Waals surface area contributed by atoms with Gasteiger partial charge in [-0.3, -0.25) is 0 Å². The maximum absolute atomic E-state index is 5.92. The maximum Gasteiger partial charge on any atom is 0.208 e. The van der Waals surface area contributed by atoms with Gasteiger partial charge in [0.15, 0.2) is 0 Å². The highest BCUT2D eigenvalue weighted by molar-refractivity contribution is 6.67. The second-order valence-electron chi connectivity index (χ2n) is 3.83. The minimum atomic E-state index is -1.10. The molecule has 0 spiro atoms. The van der Waals surface area contributed by atoms with E-state index in [-0.39, 0.29) is 0 Å². The molecule has 0 aliphatic carbocycles. The summed E-state index contributed by atoms with van der Waals surface area (Å²) < 4.78 is 5.92. The molecule has 1 aromatic carbocycles. The van der Waals surface area contributed by atoms with Crippen LogP contribution in [0.5, 0.6) is 0 Å². The average molecular weight is 227 g/mol. The molecule has 76 valence electrons. The molecule has 0 aromatic heterocycles. The summed E-state index contributed by atoms with van der Waals surface area (Å²) in [6.45, 7) is 0.870. The number of halogens is 1. The van der Waals surface area contributed by atoms with Crippen LogP contribution in [0.4, 0.5) is 0 Å².